The molecule has 1 fully saturated rings. The van der Waals surface area contributed by atoms with Crippen LogP contribution < -0.4 is 0 Å². The quantitative estimate of drug-likeness (QED) is 0.768. The molecule has 1 unspecified atom stereocenters. The fourth-order valence-corrected chi connectivity index (χ4v) is 2.45. The first-order valence-corrected chi connectivity index (χ1v) is 5.24. The highest BCUT2D eigenvalue weighted by molar-refractivity contribution is 5.87. The van der Waals surface area contributed by atoms with Crippen molar-refractivity contribution in [3.8, 4) is 12.3 Å². The Morgan fingerprint density at radius 3 is 2.19 bits per heavy atom. The average Bonchev–Trinajstić information content (AvgIpc) is 2.84. The summed E-state index contributed by atoms with van der Waals surface area (Å²) in [4.78, 5) is 11.4. The molecule has 2 heteroatoms. The van der Waals surface area contributed by atoms with Crippen molar-refractivity contribution < 1.29 is 9.90 Å². The molecular formula is C14H14O2. The normalized spacial score (nSPS) is 25.8. The summed E-state index contributed by atoms with van der Waals surface area (Å²) < 4.78 is 0. The number of benzene rings is 1. The minimum absolute atomic E-state index is 0.170. The highest BCUT2D eigenvalue weighted by Gasteiger charge is 2.67. The van der Waals surface area contributed by atoms with Crippen molar-refractivity contribution in [1.29, 1.82) is 0 Å². The predicted octanol–water partition coefficient (Wildman–Crippen LogP) is 2.42. The number of hydrogen-bond donors (Lipinski definition) is 1. The fourth-order valence-electron chi connectivity index (χ4n) is 2.45. The van der Waals surface area contributed by atoms with Crippen LogP contribution in [0.1, 0.15) is 31.4 Å². The van der Waals surface area contributed by atoms with Crippen LogP contribution in [-0.2, 0) is 10.2 Å². The summed E-state index contributed by atoms with van der Waals surface area (Å²) in [5.74, 6) is 1.78. The SMILES string of the molecule is C#Cc1ccc(C2(C(=O)O)CC2(C)C)cc1. The van der Waals surface area contributed by atoms with E-state index in [1.165, 1.54) is 0 Å². The summed E-state index contributed by atoms with van der Waals surface area (Å²) >= 11 is 0. The topological polar surface area (TPSA) is 37.3 Å². The molecule has 16 heavy (non-hydrogen) atoms. The van der Waals surface area contributed by atoms with Crippen molar-refractivity contribution in [3.63, 3.8) is 0 Å². The summed E-state index contributed by atoms with van der Waals surface area (Å²) in [5.41, 5.74) is 0.739. The average molecular weight is 214 g/mol. The Balaban J connectivity index is 2.44. The molecule has 1 N–H and O–H groups in total. The van der Waals surface area contributed by atoms with E-state index < -0.39 is 11.4 Å². The van der Waals surface area contributed by atoms with Crippen molar-refractivity contribution in [2.75, 3.05) is 0 Å². The lowest BCUT2D eigenvalue weighted by Gasteiger charge is -2.16. The number of aliphatic carboxylic acids is 1. The molecule has 1 aromatic carbocycles. The molecule has 82 valence electrons. The molecule has 2 nitrogen and oxygen atoms in total. The van der Waals surface area contributed by atoms with E-state index in [0.29, 0.717) is 6.42 Å². The highest BCUT2D eigenvalue weighted by atomic mass is 16.4. The van der Waals surface area contributed by atoms with E-state index in [1.807, 2.05) is 26.0 Å². The number of carboxylic acid groups (broad SMARTS) is 1. The van der Waals surface area contributed by atoms with E-state index in [-0.39, 0.29) is 5.41 Å². The zero-order chi connectivity index (χ0) is 12.0. The molecule has 1 saturated carbocycles. The van der Waals surface area contributed by atoms with Crippen molar-refractivity contribution >= 4 is 5.97 Å². The summed E-state index contributed by atoms with van der Waals surface area (Å²) in [6.45, 7) is 3.96. The van der Waals surface area contributed by atoms with Gasteiger partial charge >= 0.3 is 5.97 Å². The molecule has 0 spiro atoms. The molecule has 0 heterocycles. The van der Waals surface area contributed by atoms with Gasteiger partial charge in [-0.05, 0) is 29.5 Å². The van der Waals surface area contributed by atoms with Gasteiger partial charge in [0.25, 0.3) is 0 Å². The van der Waals surface area contributed by atoms with Crippen LogP contribution in [0, 0.1) is 17.8 Å². The Hall–Kier alpha value is -1.75. The lowest BCUT2D eigenvalue weighted by molar-refractivity contribution is -0.141. The van der Waals surface area contributed by atoms with Crippen LogP contribution in [0.3, 0.4) is 0 Å². The highest BCUT2D eigenvalue weighted by Crippen LogP contribution is 2.64. The van der Waals surface area contributed by atoms with Gasteiger partial charge in [-0.15, -0.1) is 6.42 Å². The van der Waals surface area contributed by atoms with E-state index in [1.54, 1.807) is 12.1 Å². The van der Waals surface area contributed by atoms with E-state index in [2.05, 4.69) is 5.92 Å². The molecular weight excluding hydrogens is 200 g/mol. The van der Waals surface area contributed by atoms with Crippen LogP contribution in [-0.4, -0.2) is 11.1 Å². The smallest absolute Gasteiger partial charge is 0.314 e. The van der Waals surface area contributed by atoms with Gasteiger partial charge in [0.05, 0.1) is 5.41 Å². The molecule has 0 radical (unpaired) electrons. The molecule has 1 aliphatic carbocycles. The molecule has 2 rings (SSSR count). The number of carboxylic acids is 1. The third kappa shape index (κ3) is 1.25. The maximum Gasteiger partial charge on any atom is 0.314 e. The number of terminal acetylenes is 1. The van der Waals surface area contributed by atoms with Crippen molar-refractivity contribution in [1.82, 2.24) is 0 Å². The molecule has 0 aromatic heterocycles. The molecule has 1 aliphatic rings. The summed E-state index contributed by atoms with van der Waals surface area (Å²) in [7, 11) is 0. The second kappa shape index (κ2) is 3.12. The van der Waals surface area contributed by atoms with Crippen molar-refractivity contribution in [2.45, 2.75) is 25.7 Å². The summed E-state index contributed by atoms with van der Waals surface area (Å²) in [6, 6.07) is 7.26. The maximum absolute atomic E-state index is 11.4. The van der Waals surface area contributed by atoms with E-state index in [0.717, 1.165) is 11.1 Å². The Morgan fingerprint density at radius 1 is 1.38 bits per heavy atom. The summed E-state index contributed by atoms with van der Waals surface area (Å²) in [5, 5.41) is 9.38. The van der Waals surface area contributed by atoms with Crippen molar-refractivity contribution in [3.05, 3.63) is 35.4 Å². The molecule has 0 bridgehead atoms. The van der Waals surface area contributed by atoms with E-state index in [9.17, 15) is 9.90 Å². The Labute approximate surface area is 95.3 Å². The van der Waals surface area contributed by atoms with Gasteiger partial charge in [-0.3, -0.25) is 4.79 Å². The minimum Gasteiger partial charge on any atom is -0.481 e. The predicted molar refractivity (Wildman–Crippen MR) is 62.1 cm³/mol. The van der Waals surface area contributed by atoms with Gasteiger partial charge in [0.2, 0.25) is 0 Å². The second-order valence-corrected chi connectivity index (χ2v) is 4.99. The Morgan fingerprint density at radius 2 is 1.88 bits per heavy atom. The maximum atomic E-state index is 11.4. The first-order chi connectivity index (χ1) is 7.44. The van der Waals surface area contributed by atoms with Crippen molar-refractivity contribution in [2.24, 2.45) is 5.41 Å². The molecule has 0 amide bonds. The van der Waals surface area contributed by atoms with Crippen LogP contribution in [0.25, 0.3) is 0 Å². The number of hydrogen-bond acceptors (Lipinski definition) is 1. The van der Waals surface area contributed by atoms with Crippen LogP contribution >= 0.6 is 0 Å². The summed E-state index contributed by atoms with van der Waals surface area (Å²) in [6.07, 6.45) is 5.96. The molecule has 0 aliphatic heterocycles. The molecule has 0 saturated heterocycles. The largest absolute Gasteiger partial charge is 0.481 e. The first kappa shape index (κ1) is 10.8. The van der Waals surface area contributed by atoms with E-state index >= 15 is 0 Å². The lowest BCUT2D eigenvalue weighted by Crippen LogP contribution is -2.25. The van der Waals surface area contributed by atoms with Crippen LogP contribution in [0.2, 0.25) is 0 Å². The molecule has 1 aromatic rings. The lowest BCUT2D eigenvalue weighted by atomic mass is 9.87. The minimum atomic E-state index is -0.744. The van der Waals surface area contributed by atoms with Gasteiger partial charge in [-0.25, -0.2) is 0 Å². The third-order valence-corrected chi connectivity index (χ3v) is 3.65. The zero-order valence-corrected chi connectivity index (χ0v) is 9.45. The molecule has 1 atom stereocenters. The standard InChI is InChI=1S/C14H14O2/c1-4-10-5-7-11(8-6-10)14(12(15)16)9-13(14,2)3/h1,5-8H,9H2,2-3H3,(H,15,16). The fraction of sp³-hybridized carbons (Fsp3) is 0.357. The Bertz CT molecular complexity index is 476. The second-order valence-electron chi connectivity index (χ2n) is 4.99. The van der Waals surface area contributed by atoms with E-state index in [4.69, 9.17) is 6.42 Å². The van der Waals surface area contributed by atoms with Crippen LogP contribution in [0.15, 0.2) is 24.3 Å². The van der Waals surface area contributed by atoms with Gasteiger partial charge in [0, 0.05) is 5.56 Å². The zero-order valence-electron chi connectivity index (χ0n) is 9.45. The van der Waals surface area contributed by atoms with Crippen LogP contribution in [0.5, 0.6) is 0 Å². The van der Waals surface area contributed by atoms with Gasteiger partial charge in [-0.1, -0.05) is 31.9 Å². The number of carbonyl (C=O) groups is 1. The first-order valence-electron chi connectivity index (χ1n) is 5.24. The van der Waals surface area contributed by atoms with Gasteiger partial charge in [0.1, 0.15) is 0 Å². The van der Waals surface area contributed by atoms with Gasteiger partial charge < -0.3 is 5.11 Å². The third-order valence-electron chi connectivity index (χ3n) is 3.65. The monoisotopic (exact) mass is 214 g/mol. The van der Waals surface area contributed by atoms with Crippen LogP contribution in [0.4, 0.5) is 0 Å². The Kier molecular flexibility index (Phi) is 2.10. The van der Waals surface area contributed by atoms with Gasteiger partial charge in [0.15, 0.2) is 0 Å². The van der Waals surface area contributed by atoms with Gasteiger partial charge in [-0.2, -0.15) is 0 Å². The number of rotatable bonds is 2.